The summed E-state index contributed by atoms with van der Waals surface area (Å²) < 4.78 is 0.991. The van der Waals surface area contributed by atoms with E-state index in [1.807, 2.05) is 12.1 Å². The monoisotopic (exact) mass is 337 g/mol. The summed E-state index contributed by atoms with van der Waals surface area (Å²) in [5, 5.41) is 3.61. The van der Waals surface area contributed by atoms with Crippen LogP contribution in [0.25, 0.3) is 11.0 Å². The Balaban J connectivity index is 1.80. The molecule has 0 bridgehead atoms. The van der Waals surface area contributed by atoms with Gasteiger partial charge in [0.2, 0.25) is 0 Å². The molecule has 0 radical (unpaired) electrons. The number of halogens is 1. The second kappa shape index (κ2) is 4.95. The van der Waals surface area contributed by atoms with E-state index in [1.54, 1.807) is 0 Å². The largest absolute Gasteiger partial charge is 0.381 e. The Labute approximate surface area is 126 Å². The number of anilines is 1. The van der Waals surface area contributed by atoms with Crippen LogP contribution >= 0.6 is 15.9 Å². The molecule has 1 heterocycles. The van der Waals surface area contributed by atoms with Crippen molar-refractivity contribution in [3.8, 4) is 0 Å². The average molecular weight is 338 g/mol. The van der Waals surface area contributed by atoms with E-state index >= 15 is 0 Å². The van der Waals surface area contributed by atoms with E-state index in [1.165, 1.54) is 25.7 Å². The summed E-state index contributed by atoms with van der Waals surface area (Å²) in [6.07, 6.45) is 4.90. The molecular weight excluding hydrogens is 318 g/mol. The third-order valence-corrected chi connectivity index (χ3v) is 4.96. The maximum absolute atomic E-state index is 11.3. The molecule has 0 unspecified atom stereocenters. The number of nitrogens with one attached hydrogen (secondary N) is 3. The molecule has 2 aromatic rings. The first-order chi connectivity index (χ1) is 9.43. The Hall–Kier alpha value is -1.23. The lowest BCUT2D eigenvalue weighted by atomic mass is 9.75. The molecule has 108 valence electrons. The number of imidazole rings is 1. The van der Waals surface area contributed by atoms with Crippen molar-refractivity contribution in [1.82, 2.24) is 9.97 Å². The van der Waals surface area contributed by atoms with Crippen LogP contribution in [-0.4, -0.2) is 16.0 Å². The lowest BCUT2D eigenvalue weighted by Crippen LogP contribution is -2.29. The molecule has 0 aliphatic heterocycles. The summed E-state index contributed by atoms with van der Waals surface area (Å²) in [4.78, 5) is 16.9. The van der Waals surface area contributed by atoms with Gasteiger partial charge in [-0.25, -0.2) is 4.79 Å². The minimum absolute atomic E-state index is 0.163. The van der Waals surface area contributed by atoms with E-state index in [9.17, 15) is 4.79 Å². The maximum atomic E-state index is 11.3. The Morgan fingerprint density at radius 1 is 1.20 bits per heavy atom. The van der Waals surface area contributed by atoms with Crippen LogP contribution in [0.3, 0.4) is 0 Å². The molecule has 0 saturated heterocycles. The van der Waals surface area contributed by atoms with Crippen molar-refractivity contribution in [2.45, 2.75) is 45.6 Å². The number of H-pyrrole nitrogens is 2. The number of aromatic amines is 2. The predicted molar refractivity (Wildman–Crippen MR) is 86.3 cm³/mol. The molecule has 3 rings (SSSR count). The van der Waals surface area contributed by atoms with Crippen LogP contribution in [0.2, 0.25) is 0 Å². The van der Waals surface area contributed by atoms with Crippen LogP contribution in [0.5, 0.6) is 0 Å². The van der Waals surface area contributed by atoms with Crippen molar-refractivity contribution >= 4 is 32.7 Å². The fraction of sp³-hybridized carbons (Fsp3) is 0.533. The predicted octanol–water partition coefficient (Wildman–Crippen LogP) is 4.00. The summed E-state index contributed by atoms with van der Waals surface area (Å²) in [7, 11) is 0. The van der Waals surface area contributed by atoms with Gasteiger partial charge in [-0.05, 0) is 59.2 Å². The number of rotatable bonds is 2. The third-order valence-electron chi connectivity index (χ3n) is 4.30. The van der Waals surface area contributed by atoms with Crippen molar-refractivity contribution in [2.24, 2.45) is 5.41 Å². The summed E-state index contributed by atoms with van der Waals surface area (Å²) >= 11 is 3.58. The highest BCUT2D eigenvalue weighted by atomic mass is 79.9. The zero-order chi connectivity index (χ0) is 14.3. The Morgan fingerprint density at radius 2 is 1.80 bits per heavy atom. The van der Waals surface area contributed by atoms with Crippen LogP contribution in [0.15, 0.2) is 21.4 Å². The summed E-state index contributed by atoms with van der Waals surface area (Å²) in [5.74, 6) is 0. The quantitative estimate of drug-likeness (QED) is 0.775. The van der Waals surface area contributed by atoms with E-state index in [2.05, 4.69) is 45.1 Å². The smallest absolute Gasteiger partial charge is 0.323 e. The van der Waals surface area contributed by atoms with Crippen LogP contribution in [0.4, 0.5) is 5.69 Å². The number of hydrogen-bond donors (Lipinski definition) is 3. The molecule has 1 saturated carbocycles. The zero-order valence-corrected chi connectivity index (χ0v) is 13.4. The van der Waals surface area contributed by atoms with Gasteiger partial charge in [-0.3, -0.25) is 0 Å². The molecule has 1 aliphatic rings. The van der Waals surface area contributed by atoms with Crippen LogP contribution in [0, 0.1) is 5.41 Å². The highest BCUT2D eigenvalue weighted by molar-refractivity contribution is 9.10. The Bertz CT molecular complexity index is 676. The summed E-state index contributed by atoms with van der Waals surface area (Å²) in [6.45, 7) is 4.69. The lowest BCUT2D eigenvalue weighted by Gasteiger charge is -2.35. The van der Waals surface area contributed by atoms with Crippen molar-refractivity contribution < 1.29 is 0 Å². The summed E-state index contributed by atoms with van der Waals surface area (Å²) in [5.41, 5.74) is 3.04. The second-order valence-corrected chi connectivity index (χ2v) is 7.39. The zero-order valence-electron chi connectivity index (χ0n) is 11.8. The van der Waals surface area contributed by atoms with Gasteiger partial charge in [-0.2, -0.15) is 0 Å². The molecule has 0 spiro atoms. The molecule has 20 heavy (non-hydrogen) atoms. The molecule has 0 amide bonds. The first kappa shape index (κ1) is 13.7. The van der Waals surface area contributed by atoms with E-state index in [0.717, 1.165) is 21.2 Å². The van der Waals surface area contributed by atoms with Crippen molar-refractivity contribution in [3.63, 3.8) is 0 Å². The van der Waals surface area contributed by atoms with Crippen molar-refractivity contribution in [2.75, 3.05) is 5.32 Å². The standard InChI is InChI=1S/C15H20BrN3O/c1-15(2)5-3-9(4-6-15)17-11-8-13-12(7-10(11)16)18-14(20)19-13/h7-9,17H,3-6H2,1-2H3,(H2,18,19,20). The minimum atomic E-state index is -0.163. The number of benzene rings is 1. The second-order valence-electron chi connectivity index (χ2n) is 6.54. The first-order valence-electron chi connectivity index (χ1n) is 7.11. The molecule has 1 aliphatic carbocycles. The van der Waals surface area contributed by atoms with Crippen LogP contribution in [0.1, 0.15) is 39.5 Å². The minimum Gasteiger partial charge on any atom is -0.381 e. The maximum Gasteiger partial charge on any atom is 0.323 e. The van der Waals surface area contributed by atoms with Crippen LogP contribution in [-0.2, 0) is 0 Å². The van der Waals surface area contributed by atoms with Gasteiger partial charge >= 0.3 is 5.69 Å². The Morgan fingerprint density at radius 3 is 2.45 bits per heavy atom. The molecule has 5 heteroatoms. The lowest BCUT2D eigenvalue weighted by molar-refractivity contribution is 0.232. The first-order valence-corrected chi connectivity index (χ1v) is 7.90. The highest BCUT2D eigenvalue weighted by Gasteiger charge is 2.26. The van der Waals surface area contributed by atoms with E-state index in [4.69, 9.17) is 0 Å². The van der Waals surface area contributed by atoms with Gasteiger partial charge < -0.3 is 15.3 Å². The fourth-order valence-electron chi connectivity index (χ4n) is 2.93. The molecule has 0 atom stereocenters. The average Bonchev–Trinajstić information content (AvgIpc) is 2.71. The topological polar surface area (TPSA) is 60.7 Å². The highest BCUT2D eigenvalue weighted by Crippen LogP contribution is 2.37. The van der Waals surface area contributed by atoms with Crippen molar-refractivity contribution in [1.29, 1.82) is 0 Å². The van der Waals surface area contributed by atoms with Gasteiger partial charge in [0.1, 0.15) is 0 Å². The van der Waals surface area contributed by atoms with Gasteiger partial charge in [0.25, 0.3) is 0 Å². The van der Waals surface area contributed by atoms with E-state index in [-0.39, 0.29) is 5.69 Å². The molecule has 4 nitrogen and oxygen atoms in total. The third kappa shape index (κ3) is 2.77. The molecule has 1 fully saturated rings. The summed E-state index contributed by atoms with van der Waals surface area (Å²) in [6, 6.07) is 4.46. The molecule has 3 N–H and O–H groups in total. The number of aromatic nitrogens is 2. The van der Waals surface area contributed by atoms with Gasteiger partial charge in [-0.1, -0.05) is 13.8 Å². The normalized spacial score (nSPS) is 19.4. The van der Waals surface area contributed by atoms with Gasteiger partial charge in [0, 0.05) is 10.5 Å². The van der Waals surface area contributed by atoms with E-state index in [0.29, 0.717) is 11.5 Å². The van der Waals surface area contributed by atoms with Crippen molar-refractivity contribution in [3.05, 3.63) is 27.1 Å². The van der Waals surface area contributed by atoms with Crippen LogP contribution < -0.4 is 11.0 Å². The van der Waals surface area contributed by atoms with Gasteiger partial charge in [0.05, 0.1) is 16.7 Å². The van der Waals surface area contributed by atoms with Gasteiger partial charge in [-0.15, -0.1) is 0 Å². The molecule has 1 aromatic heterocycles. The molecule has 1 aromatic carbocycles. The Kier molecular flexibility index (Phi) is 3.40. The number of fused-ring (bicyclic) bond motifs is 1. The SMILES string of the molecule is CC1(C)CCC(Nc2cc3[nH]c(=O)[nH]c3cc2Br)CC1. The number of hydrogen-bond acceptors (Lipinski definition) is 2. The molecular formula is C15H20BrN3O. The van der Waals surface area contributed by atoms with E-state index < -0.39 is 0 Å². The fourth-order valence-corrected chi connectivity index (χ4v) is 3.39. The van der Waals surface area contributed by atoms with Gasteiger partial charge in [0.15, 0.2) is 0 Å².